The van der Waals surface area contributed by atoms with Gasteiger partial charge in [0, 0.05) is 11.3 Å². The molecule has 0 aliphatic rings. The Bertz CT molecular complexity index is 1230. The van der Waals surface area contributed by atoms with Crippen LogP contribution >= 0.6 is 12.2 Å². The lowest BCUT2D eigenvalue weighted by molar-refractivity contribution is -0.116. The lowest BCUT2D eigenvalue weighted by atomic mass is 10.1. The molecule has 10 heteroatoms. The van der Waals surface area contributed by atoms with Crippen LogP contribution in [0.1, 0.15) is 26.3 Å². The van der Waals surface area contributed by atoms with Crippen molar-refractivity contribution in [1.82, 2.24) is 14.8 Å². The number of H-pyrrole nitrogens is 1. The number of methoxy groups -OCH3 is 1. The van der Waals surface area contributed by atoms with Crippen molar-refractivity contribution in [1.29, 1.82) is 0 Å². The van der Waals surface area contributed by atoms with Gasteiger partial charge in [-0.05, 0) is 64.2 Å². The first kappa shape index (κ1) is 24.0. The minimum absolute atomic E-state index is 0.0422. The topological polar surface area (TPSA) is 110 Å². The van der Waals surface area contributed by atoms with Crippen molar-refractivity contribution in [2.75, 3.05) is 17.7 Å². The van der Waals surface area contributed by atoms with Crippen molar-refractivity contribution in [3.63, 3.8) is 0 Å². The quantitative estimate of drug-likeness (QED) is 0.443. The highest BCUT2D eigenvalue weighted by Crippen LogP contribution is 2.28. The van der Waals surface area contributed by atoms with Crippen LogP contribution in [-0.4, -0.2) is 39.5 Å². The number of aryl methyl sites for hydroxylation is 1. The summed E-state index contributed by atoms with van der Waals surface area (Å²) in [5.74, 6) is 0.688. The first-order chi connectivity index (χ1) is 15.6. The molecular weight excluding hydrogens is 442 g/mol. The molecule has 3 aromatic rings. The SMILES string of the molecule is COc1ccc(NC(=O)Cn2c(-c3cccc(C)c3)n[nH]c2=S)cc1NC(=O)OC(C)(C)C. The number of rotatable bonds is 6. The van der Waals surface area contributed by atoms with Crippen LogP contribution < -0.4 is 15.4 Å². The Hall–Kier alpha value is -3.66. The number of amides is 2. The van der Waals surface area contributed by atoms with Crippen LogP contribution in [-0.2, 0) is 16.1 Å². The van der Waals surface area contributed by atoms with E-state index in [9.17, 15) is 9.59 Å². The van der Waals surface area contributed by atoms with Gasteiger partial charge in [0.1, 0.15) is 17.9 Å². The van der Waals surface area contributed by atoms with E-state index in [1.54, 1.807) is 43.5 Å². The Balaban J connectivity index is 1.77. The average molecular weight is 470 g/mol. The second-order valence-corrected chi connectivity index (χ2v) is 8.78. The first-order valence-corrected chi connectivity index (χ1v) is 10.7. The average Bonchev–Trinajstić information content (AvgIpc) is 3.07. The number of carbonyl (C=O) groups is 2. The number of carbonyl (C=O) groups excluding carboxylic acids is 2. The lowest BCUT2D eigenvalue weighted by Crippen LogP contribution is -2.27. The molecule has 0 atom stereocenters. The third kappa shape index (κ3) is 6.42. The second-order valence-electron chi connectivity index (χ2n) is 8.40. The molecular formula is C23H27N5O4S. The zero-order valence-electron chi connectivity index (χ0n) is 19.2. The van der Waals surface area contributed by atoms with E-state index < -0.39 is 11.7 Å². The van der Waals surface area contributed by atoms with E-state index in [1.807, 2.05) is 31.2 Å². The van der Waals surface area contributed by atoms with Gasteiger partial charge in [0.15, 0.2) is 10.6 Å². The van der Waals surface area contributed by atoms with E-state index in [1.165, 1.54) is 7.11 Å². The highest BCUT2D eigenvalue weighted by molar-refractivity contribution is 7.71. The van der Waals surface area contributed by atoms with Crippen molar-refractivity contribution in [2.45, 2.75) is 39.8 Å². The molecule has 3 rings (SSSR count). The summed E-state index contributed by atoms with van der Waals surface area (Å²) >= 11 is 5.32. The molecule has 0 fully saturated rings. The predicted molar refractivity (Wildman–Crippen MR) is 129 cm³/mol. The Morgan fingerprint density at radius 2 is 1.91 bits per heavy atom. The number of nitrogens with one attached hydrogen (secondary N) is 3. The number of hydrogen-bond acceptors (Lipinski definition) is 6. The van der Waals surface area contributed by atoms with E-state index in [2.05, 4.69) is 20.8 Å². The minimum atomic E-state index is -0.651. The van der Waals surface area contributed by atoms with E-state index in [0.29, 0.717) is 27.7 Å². The van der Waals surface area contributed by atoms with E-state index in [4.69, 9.17) is 21.7 Å². The van der Waals surface area contributed by atoms with Crippen LogP contribution in [0, 0.1) is 11.7 Å². The number of aromatic nitrogens is 3. The fraction of sp³-hybridized carbons (Fsp3) is 0.304. The van der Waals surface area contributed by atoms with Crippen LogP contribution in [0.5, 0.6) is 5.75 Å². The Morgan fingerprint density at radius 1 is 1.15 bits per heavy atom. The summed E-state index contributed by atoms with van der Waals surface area (Å²) in [5, 5.41) is 12.5. The fourth-order valence-electron chi connectivity index (χ4n) is 3.11. The van der Waals surface area contributed by atoms with Gasteiger partial charge in [-0.3, -0.25) is 19.8 Å². The van der Waals surface area contributed by atoms with E-state index in [0.717, 1.165) is 11.1 Å². The van der Waals surface area contributed by atoms with Crippen molar-refractivity contribution >= 4 is 35.6 Å². The molecule has 3 N–H and O–H groups in total. The van der Waals surface area contributed by atoms with Gasteiger partial charge in [-0.2, -0.15) is 5.10 Å². The lowest BCUT2D eigenvalue weighted by Gasteiger charge is -2.20. The summed E-state index contributed by atoms with van der Waals surface area (Å²) in [6.07, 6.45) is -0.628. The Labute approximate surface area is 197 Å². The molecule has 174 valence electrons. The molecule has 0 spiro atoms. The summed E-state index contributed by atoms with van der Waals surface area (Å²) < 4.78 is 12.6. The van der Waals surface area contributed by atoms with Crippen LogP contribution in [0.3, 0.4) is 0 Å². The van der Waals surface area contributed by atoms with E-state index >= 15 is 0 Å². The minimum Gasteiger partial charge on any atom is -0.495 e. The third-order valence-electron chi connectivity index (χ3n) is 4.46. The van der Waals surface area contributed by atoms with Crippen LogP contribution in [0.25, 0.3) is 11.4 Å². The summed E-state index contributed by atoms with van der Waals surface area (Å²) in [4.78, 5) is 25.0. The maximum Gasteiger partial charge on any atom is 0.412 e. The number of benzene rings is 2. The molecule has 0 aliphatic heterocycles. The number of aromatic amines is 1. The van der Waals surface area contributed by atoms with Crippen LogP contribution in [0.4, 0.5) is 16.2 Å². The molecule has 0 saturated carbocycles. The molecule has 33 heavy (non-hydrogen) atoms. The largest absolute Gasteiger partial charge is 0.495 e. The fourth-order valence-corrected chi connectivity index (χ4v) is 3.31. The Morgan fingerprint density at radius 3 is 2.58 bits per heavy atom. The standard InChI is InChI=1S/C23H27N5O4S/c1-14-7-6-8-15(11-14)20-26-27-21(33)28(20)13-19(29)24-16-9-10-18(31-5)17(12-16)25-22(30)32-23(2,3)4/h6-12H,13H2,1-5H3,(H,24,29)(H,25,30)(H,27,33). The molecule has 0 aliphatic carbocycles. The molecule has 1 heterocycles. The zero-order chi connectivity index (χ0) is 24.2. The molecule has 0 saturated heterocycles. The van der Waals surface area contributed by atoms with Crippen molar-refractivity contribution in [3.05, 3.63) is 52.8 Å². The maximum atomic E-state index is 12.8. The molecule has 2 amide bonds. The molecule has 0 radical (unpaired) electrons. The normalized spacial score (nSPS) is 11.1. The molecule has 0 unspecified atom stereocenters. The maximum absolute atomic E-state index is 12.8. The smallest absolute Gasteiger partial charge is 0.412 e. The van der Waals surface area contributed by atoms with Crippen molar-refractivity contribution in [2.24, 2.45) is 0 Å². The van der Waals surface area contributed by atoms with Crippen molar-refractivity contribution < 1.29 is 19.1 Å². The summed E-state index contributed by atoms with van der Waals surface area (Å²) in [5.41, 5.74) is 2.11. The molecule has 1 aromatic heterocycles. The molecule has 2 aromatic carbocycles. The van der Waals surface area contributed by atoms with Gasteiger partial charge in [0.25, 0.3) is 0 Å². The number of ether oxygens (including phenoxy) is 2. The highest BCUT2D eigenvalue weighted by atomic mass is 32.1. The number of nitrogens with zero attached hydrogens (tertiary/aromatic N) is 2. The van der Waals surface area contributed by atoms with Gasteiger partial charge < -0.3 is 14.8 Å². The van der Waals surface area contributed by atoms with Gasteiger partial charge in [0.2, 0.25) is 5.91 Å². The number of anilines is 2. The molecule has 9 nitrogen and oxygen atoms in total. The first-order valence-electron chi connectivity index (χ1n) is 10.3. The Kier molecular flexibility index (Phi) is 7.17. The van der Waals surface area contributed by atoms with Crippen molar-refractivity contribution in [3.8, 4) is 17.1 Å². The van der Waals surface area contributed by atoms with Crippen LogP contribution in [0.15, 0.2) is 42.5 Å². The summed E-state index contributed by atoms with van der Waals surface area (Å²) in [7, 11) is 1.49. The van der Waals surface area contributed by atoms with E-state index in [-0.39, 0.29) is 12.5 Å². The second kappa shape index (κ2) is 9.86. The van der Waals surface area contributed by atoms with Gasteiger partial charge in [-0.25, -0.2) is 4.79 Å². The number of hydrogen-bond donors (Lipinski definition) is 3. The monoisotopic (exact) mass is 469 g/mol. The van der Waals surface area contributed by atoms with Crippen LogP contribution in [0.2, 0.25) is 0 Å². The summed E-state index contributed by atoms with van der Waals surface area (Å²) in [6, 6.07) is 12.7. The predicted octanol–water partition coefficient (Wildman–Crippen LogP) is 4.91. The van der Waals surface area contributed by atoms with Gasteiger partial charge >= 0.3 is 6.09 Å². The van der Waals surface area contributed by atoms with Gasteiger partial charge in [-0.15, -0.1) is 0 Å². The highest BCUT2D eigenvalue weighted by Gasteiger charge is 2.18. The molecule has 0 bridgehead atoms. The van der Waals surface area contributed by atoms with Gasteiger partial charge in [0.05, 0.1) is 12.8 Å². The van der Waals surface area contributed by atoms with Gasteiger partial charge in [-0.1, -0.05) is 23.8 Å². The zero-order valence-corrected chi connectivity index (χ0v) is 20.0. The third-order valence-corrected chi connectivity index (χ3v) is 4.77. The summed E-state index contributed by atoms with van der Waals surface area (Å²) in [6.45, 7) is 7.25.